The van der Waals surface area contributed by atoms with Gasteiger partial charge in [0.15, 0.2) is 0 Å². The summed E-state index contributed by atoms with van der Waals surface area (Å²) >= 11 is 2.06. The van der Waals surface area contributed by atoms with Crippen LogP contribution in [0.25, 0.3) is 0 Å². The van der Waals surface area contributed by atoms with Crippen molar-refractivity contribution in [2.45, 2.75) is 58.6 Å². The summed E-state index contributed by atoms with van der Waals surface area (Å²) < 4.78 is 6.10. The Kier molecular flexibility index (Phi) is 3.47. The van der Waals surface area contributed by atoms with Gasteiger partial charge < -0.3 is 10.1 Å². The minimum atomic E-state index is 0.217. The molecule has 0 radical (unpaired) electrons. The molecule has 2 saturated heterocycles. The molecule has 1 N–H and O–H groups in total. The Balaban J connectivity index is 1.51. The average molecular weight is 283 g/mol. The maximum atomic E-state index is 6.10. The van der Waals surface area contributed by atoms with Gasteiger partial charge in [0.2, 0.25) is 0 Å². The van der Waals surface area contributed by atoms with Crippen molar-refractivity contribution in [3.05, 3.63) is 0 Å². The van der Waals surface area contributed by atoms with E-state index in [4.69, 9.17) is 4.74 Å². The van der Waals surface area contributed by atoms with Crippen molar-refractivity contribution in [3.63, 3.8) is 0 Å². The first-order valence-corrected chi connectivity index (χ1v) is 8.98. The molecule has 3 fully saturated rings. The number of hydrogen-bond acceptors (Lipinski definition) is 3. The monoisotopic (exact) mass is 283 g/mol. The fourth-order valence-electron chi connectivity index (χ4n) is 4.19. The standard InChI is InChI=1S/C16H29NOS/c1-14(2)13(15(14,3)4)10-17-12-5-7-18-16(9-12)6-8-19-11-16/h12-13,17H,5-11H2,1-4H3. The van der Waals surface area contributed by atoms with Crippen molar-refractivity contribution in [2.75, 3.05) is 24.7 Å². The second kappa shape index (κ2) is 4.64. The van der Waals surface area contributed by atoms with Crippen LogP contribution in [0.5, 0.6) is 0 Å². The van der Waals surface area contributed by atoms with E-state index in [0.29, 0.717) is 16.9 Å². The Bertz CT molecular complexity index is 333. The van der Waals surface area contributed by atoms with Gasteiger partial charge in [-0.05, 0) is 48.3 Å². The number of hydrogen-bond donors (Lipinski definition) is 1. The quantitative estimate of drug-likeness (QED) is 0.858. The third-order valence-electron chi connectivity index (χ3n) is 6.49. The second-order valence-electron chi connectivity index (χ2n) is 7.93. The molecule has 2 atom stereocenters. The summed E-state index contributed by atoms with van der Waals surface area (Å²) in [5, 5.41) is 3.86. The second-order valence-corrected chi connectivity index (χ2v) is 9.03. The maximum Gasteiger partial charge on any atom is 0.0795 e. The van der Waals surface area contributed by atoms with Crippen molar-refractivity contribution in [1.29, 1.82) is 0 Å². The fourth-order valence-corrected chi connectivity index (χ4v) is 5.57. The molecular weight excluding hydrogens is 254 g/mol. The lowest BCUT2D eigenvalue weighted by Gasteiger charge is -2.38. The van der Waals surface area contributed by atoms with Crippen LogP contribution in [0, 0.1) is 16.7 Å². The van der Waals surface area contributed by atoms with Gasteiger partial charge >= 0.3 is 0 Å². The molecule has 2 nitrogen and oxygen atoms in total. The zero-order valence-corrected chi connectivity index (χ0v) is 13.7. The molecule has 1 aliphatic carbocycles. The van der Waals surface area contributed by atoms with Crippen LogP contribution in [0.2, 0.25) is 0 Å². The van der Waals surface area contributed by atoms with E-state index in [9.17, 15) is 0 Å². The molecule has 0 amide bonds. The predicted molar refractivity (Wildman–Crippen MR) is 82.7 cm³/mol. The smallest absolute Gasteiger partial charge is 0.0795 e. The van der Waals surface area contributed by atoms with Crippen LogP contribution in [0.3, 0.4) is 0 Å². The Morgan fingerprint density at radius 2 is 1.95 bits per heavy atom. The molecule has 3 heteroatoms. The van der Waals surface area contributed by atoms with Gasteiger partial charge in [-0.1, -0.05) is 27.7 Å². The van der Waals surface area contributed by atoms with E-state index in [0.717, 1.165) is 12.5 Å². The minimum absolute atomic E-state index is 0.217. The Labute approximate surface area is 122 Å². The summed E-state index contributed by atoms with van der Waals surface area (Å²) in [5.74, 6) is 3.33. The van der Waals surface area contributed by atoms with Gasteiger partial charge in [0.1, 0.15) is 0 Å². The zero-order chi connectivity index (χ0) is 13.7. The van der Waals surface area contributed by atoms with Gasteiger partial charge in [0, 0.05) is 18.4 Å². The molecule has 2 heterocycles. The molecule has 0 aromatic carbocycles. The highest BCUT2D eigenvalue weighted by atomic mass is 32.2. The molecule has 3 aliphatic rings. The van der Waals surface area contributed by atoms with Crippen molar-refractivity contribution in [3.8, 4) is 0 Å². The Morgan fingerprint density at radius 1 is 1.21 bits per heavy atom. The molecule has 1 spiro atoms. The van der Waals surface area contributed by atoms with Crippen molar-refractivity contribution < 1.29 is 4.74 Å². The van der Waals surface area contributed by atoms with Crippen LogP contribution in [0.4, 0.5) is 0 Å². The van der Waals surface area contributed by atoms with Gasteiger partial charge in [-0.25, -0.2) is 0 Å². The first kappa shape index (κ1) is 14.2. The summed E-state index contributed by atoms with van der Waals surface area (Å²) in [6.45, 7) is 11.8. The summed E-state index contributed by atoms with van der Waals surface area (Å²) in [6, 6.07) is 0.680. The molecule has 110 valence electrons. The molecular formula is C16H29NOS. The normalized spacial score (nSPS) is 40.7. The van der Waals surface area contributed by atoms with E-state index in [1.54, 1.807) is 0 Å². The van der Waals surface area contributed by atoms with Gasteiger partial charge in [-0.15, -0.1) is 0 Å². The van der Waals surface area contributed by atoms with E-state index in [-0.39, 0.29) is 5.60 Å². The summed E-state index contributed by atoms with van der Waals surface area (Å²) in [5.41, 5.74) is 1.23. The third-order valence-corrected chi connectivity index (χ3v) is 7.71. The van der Waals surface area contributed by atoms with Crippen LogP contribution >= 0.6 is 11.8 Å². The SMILES string of the molecule is CC1(C)C(CNC2CCOC3(CCSC3)C2)C1(C)C. The third kappa shape index (κ3) is 2.36. The zero-order valence-electron chi connectivity index (χ0n) is 12.9. The highest BCUT2D eigenvalue weighted by Crippen LogP contribution is 2.68. The van der Waals surface area contributed by atoms with Gasteiger partial charge in [0.05, 0.1) is 5.60 Å². The molecule has 1 saturated carbocycles. The average Bonchev–Trinajstić information content (AvgIpc) is 2.69. The van der Waals surface area contributed by atoms with E-state index < -0.39 is 0 Å². The lowest BCUT2D eigenvalue weighted by Crippen LogP contribution is -2.47. The van der Waals surface area contributed by atoms with E-state index in [2.05, 4.69) is 44.8 Å². The van der Waals surface area contributed by atoms with Crippen molar-refractivity contribution in [2.24, 2.45) is 16.7 Å². The number of thioether (sulfide) groups is 1. The maximum absolute atomic E-state index is 6.10. The first-order valence-electron chi connectivity index (χ1n) is 7.83. The molecule has 0 bridgehead atoms. The lowest BCUT2D eigenvalue weighted by molar-refractivity contribution is -0.0702. The fraction of sp³-hybridized carbons (Fsp3) is 1.00. The molecule has 2 unspecified atom stereocenters. The van der Waals surface area contributed by atoms with Gasteiger partial charge in [-0.2, -0.15) is 11.8 Å². The van der Waals surface area contributed by atoms with Crippen LogP contribution in [0.1, 0.15) is 47.0 Å². The molecule has 3 rings (SSSR count). The molecule has 0 aromatic heterocycles. The lowest BCUT2D eigenvalue weighted by atomic mass is 9.90. The summed E-state index contributed by atoms with van der Waals surface area (Å²) in [7, 11) is 0. The highest BCUT2D eigenvalue weighted by molar-refractivity contribution is 7.99. The first-order chi connectivity index (χ1) is 8.87. The number of rotatable bonds is 3. The van der Waals surface area contributed by atoms with Crippen LogP contribution in [0.15, 0.2) is 0 Å². The largest absolute Gasteiger partial charge is 0.374 e. The van der Waals surface area contributed by atoms with Crippen LogP contribution < -0.4 is 5.32 Å². The van der Waals surface area contributed by atoms with Crippen LogP contribution in [-0.2, 0) is 4.74 Å². The minimum Gasteiger partial charge on any atom is -0.374 e. The van der Waals surface area contributed by atoms with E-state index >= 15 is 0 Å². The number of ether oxygens (including phenoxy) is 1. The Morgan fingerprint density at radius 3 is 2.53 bits per heavy atom. The molecule has 19 heavy (non-hydrogen) atoms. The number of nitrogens with one attached hydrogen (secondary N) is 1. The van der Waals surface area contributed by atoms with Crippen LogP contribution in [-0.4, -0.2) is 36.3 Å². The molecule has 0 aromatic rings. The summed E-state index contributed by atoms with van der Waals surface area (Å²) in [4.78, 5) is 0. The predicted octanol–water partition coefficient (Wildman–Crippen LogP) is 3.31. The van der Waals surface area contributed by atoms with E-state index in [1.807, 2.05) is 0 Å². The van der Waals surface area contributed by atoms with Gasteiger partial charge in [0.25, 0.3) is 0 Å². The van der Waals surface area contributed by atoms with Crippen molar-refractivity contribution in [1.82, 2.24) is 5.32 Å². The van der Waals surface area contributed by atoms with Crippen molar-refractivity contribution >= 4 is 11.8 Å². The highest BCUT2D eigenvalue weighted by Gasteiger charge is 2.64. The van der Waals surface area contributed by atoms with E-state index in [1.165, 1.54) is 37.3 Å². The Hall–Kier alpha value is 0.270. The topological polar surface area (TPSA) is 21.3 Å². The summed E-state index contributed by atoms with van der Waals surface area (Å²) in [6.07, 6.45) is 3.68. The molecule has 2 aliphatic heterocycles. The van der Waals surface area contributed by atoms with Gasteiger partial charge in [-0.3, -0.25) is 0 Å².